The summed E-state index contributed by atoms with van der Waals surface area (Å²) in [6.07, 6.45) is 0.951. The van der Waals surface area contributed by atoms with Crippen molar-refractivity contribution in [3.63, 3.8) is 0 Å². The minimum atomic E-state index is -0.451. The van der Waals surface area contributed by atoms with Gasteiger partial charge in [0.25, 0.3) is 0 Å². The molecule has 0 aliphatic carbocycles. The highest BCUT2D eigenvalue weighted by atomic mass is 35.5. The summed E-state index contributed by atoms with van der Waals surface area (Å²) in [5.41, 5.74) is 5.14. The molecular formula is C11H16Cl2N4O. The molecule has 1 aromatic rings. The van der Waals surface area contributed by atoms with Gasteiger partial charge in [0.05, 0.1) is 16.6 Å². The standard InChI is InChI=1S/C11H16Cl2N4O/c1-3-4-15-10-7(12)5-8(13)11(16-10)17(2)6-9(14)18/h5H,3-4,6H2,1-2H3,(H2,14,18)(H,15,16). The van der Waals surface area contributed by atoms with Gasteiger partial charge in [-0.25, -0.2) is 4.98 Å². The molecule has 5 nitrogen and oxygen atoms in total. The topological polar surface area (TPSA) is 71.2 Å². The highest BCUT2D eigenvalue weighted by Gasteiger charge is 2.14. The Kier molecular flexibility index (Phi) is 5.50. The number of aromatic nitrogens is 1. The zero-order valence-electron chi connectivity index (χ0n) is 10.3. The van der Waals surface area contributed by atoms with Gasteiger partial charge in [0, 0.05) is 13.6 Å². The normalized spacial score (nSPS) is 10.2. The predicted octanol–water partition coefficient (Wildman–Crippen LogP) is 2.13. The van der Waals surface area contributed by atoms with Gasteiger partial charge in [-0.15, -0.1) is 0 Å². The first-order valence-corrected chi connectivity index (χ1v) is 6.30. The summed E-state index contributed by atoms with van der Waals surface area (Å²) in [6, 6.07) is 1.60. The van der Waals surface area contributed by atoms with E-state index >= 15 is 0 Å². The molecule has 0 radical (unpaired) electrons. The number of hydrogen-bond donors (Lipinski definition) is 2. The van der Waals surface area contributed by atoms with E-state index in [9.17, 15) is 4.79 Å². The molecule has 7 heteroatoms. The number of pyridine rings is 1. The number of nitrogens with one attached hydrogen (secondary N) is 1. The average molecular weight is 291 g/mol. The monoisotopic (exact) mass is 290 g/mol. The van der Waals surface area contributed by atoms with Gasteiger partial charge in [0.2, 0.25) is 5.91 Å². The predicted molar refractivity (Wildman–Crippen MR) is 75.5 cm³/mol. The van der Waals surface area contributed by atoms with E-state index in [2.05, 4.69) is 10.3 Å². The van der Waals surface area contributed by atoms with Gasteiger partial charge in [-0.05, 0) is 12.5 Å². The van der Waals surface area contributed by atoms with Crippen molar-refractivity contribution in [2.24, 2.45) is 5.73 Å². The molecule has 0 fully saturated rings. The van der Waals surface area contributed by atoms with Crippen molar-refractivity contribution in [1.29, 1.82) is 0 Å². The van der Waals surface area contributed by atoms with E-state index in [4.69, 9.17) is 28.9 Å². The number of nitrogens with two attached hydrogens (primary N) is 1. The molecular weight excluding hydrogens is 275 g/mol. The molecule has 0 bridgehead atoms. The van der Waals surface area contributed by atoms with Crippen molar-refractivity contribution in [2.45, 2.75) is 13.3 Å². The van der Waals surface area contributed by atoms with Gasteiger partial charge >= 0.3 is 0 Å². The van der Waals surface area contributed by atoms with Gasteiger partial charge in [0.15, 0.2) is 0 Å². The Hall–Kier alpha value is -1.20. The summed E-state index contributed by atoms with van der Waals surface area (Å²) in [5.74, 6) is 0.570. The maximum Gasteiger partial charge on any atom is 0.236 e. The Morgan fingerprint density at radius 2 is 2.17 bits per heavy atom. The SMILES string of the molecule is CCCNc1nc(N(C)CC(N)=O)c(Cl)cc1Cl. The van der Waals surface area contributed by atoms with Crippen LogP contribution in [-0.4, -0.2) is 31.0 Å². The number of carbonyl (C=O) groups excluding carboxylic acids is 1. The smallest absolute Gasteiger partial charge is 0.236 e. The Morgan fingerprint density at radius 1 is 1.50 bits per heavy atom. The molecule has 0 aliphatic rings. The van der Waals surface area contributed by atoms with E-state index in [-0.39, 0.29) is 6.54 Å². The molecule has 0 spiro atoms. The van der Waals surface area contributed by atoms with Crippen LogP contribution in [0.4, 0.5) is 11.6 Å². The van der Waals surface area contributed by atoms with E-state index in [0.717, 1.165) is 13.0 Å². The van der Waals surface area contributed by atoms with Crippen LogP contribution < -0.4 is 16.0 Å². The second-order valence-corrected chi connectivity index (χ2v) is 4.69. The fraction of sp³-hybridized carbons (Fsp3) is 0.455. The summed E-state index contributed by atoms with van der Waals surface area (Å²) in [4.78, 5) is 16.8. The molecule has 1 rings (SSSR count). The molecule has 0 aromatic carbocycles. The molecule has 0 aliphatic heterocycles. The van der Waals surface area contributed by atoms with Crippen molar-refractivity contribution in [1.82, 2.24) is 4.98 Å². The molecule has 18 heavy (non-hydrogen) atoms. The Bertz CT molecular complexity index is 439. The highest BCUT2D eigenvalue weighted by molar-refractivity contribution is 6.37. The number of carbonyl (C=O) groups is 1. The molecule has 0 atom stereocenters. The molecule has 100 valence electrons. The van der Waals surface area contributed by atoms with Crippen LogP contribution in [0.15, 0.2) is 6.07 Å². The fourth-order valence-electron chi connectivity index (χ4n) is 1.40. The average Bonchev–Trinajstić information content (AvgIpc) is 2.26. The van der Waals surface area contributed by atoms with Gasteiger partial charge in [-0.3, -0.25) is 4.79 Å². The van der Waals surface area contributed by atoms with Gasteiger partial charge in [-0.2, -0.15) is 0 Å². The number of halogens is 2. The van der Waals surface area contributed by atoms with Crippen molar-refractivity contribution in [3.05, 3.63) is 16.1 Å². The third-order valence-corrected chi connectivity index (χ3v) is 2.77. The molecule has 1 heterocycles. The molecule has 1 aromatic heterocycles. The van der Waals surface area contributed by atoms with E-state index in [0.29, 0.717) is 21.7 Å². The van der Waals surface area contributed by atoms with E-state index < -0.39 is 5.91 Å². The van der Waals surface area contributed by atoms with Crippen molar-refractivity contribution in [3.8, 4) is 0 Å². The number of hydrogen-bond acceptors (Lipinski definition) is 4. The maximum absolute atomic E-state index is 10.9. The van der Waals surface area contributed by atoms with Crippen molar-refractivity contribution >= 4 is 40.7 Å². The molecule has 0 saturated heterocycles. The zero-order valence-corrected chi connectivity index (χ0v) is 11.8. The van der Waals surface area contributed by atoms with Crippen LogP contribution in [0.2, 0.25) is 10.0 Å². The summed E-state index contributed by atoms with van der Waals surface area (Å²) >= 11 is 12.1. The van der Waals surface area contributed by atoms with Crippen LogP contribution in [0.3, 0.4) is 0 Å². The van der Waals surface area contributed by atoms with Crippen LogP contribution in [-0.2, 0) is 4.79 Å². The minimum absolute atomic E-state index is 0.0432. The lowest BCUT2D eigenvalue weighted by Crippen LogP contribution is -2.31. The third-order valence-electron chi connectivity index (χ3n) is 2.21. The number of likely N-dealkylation sites (N-methyl/N-ethyl adjacent to an activating group) is 1. The number of amides is 1. The lowest BCUT2D eigenvalue weighted by molar-refractivity contribution is -0.116. The van der Waals surface area contributed by atoms with Crippen LogP contribution in [0.1, 0.15) is 13.3 Å². The molecule has 0 saturated carbocycles. The summed E-state index contributed by atoms with van der Waals surface area (Å²) < 4.78 is 0. The Labute approximate surface area is 116 Å². The molecule has 1 amide bonds. The van der Waals surface area contributed by atoms with E-state index in [1.54, 1.807) is 18.0 Å². The number of nitrogens with zero attached hydrogens (tertiary/aromatic N) is 2. The second-order valence-electron chi connectivity index (χ2n) is 3.87. The number of rotatable bonds is 6. The largest absolute Gasteiger partial charge is 0.369 e. The second kappa shape index (κ2) is 6.66. The van der Waals surface area contributed by atoms with Crippen molar-refractivity contribution < 1.29 is 4.79 Å². The van der Waals surface area contributed by atoms with E-state index in [1.807, 2.05) is 6.92 Å². The Balaban J connectivity index is 3.00. The van der Waals surface area contributed by atoms with Gasteiger partial charge in [-0.1, -0.05) is 30.1 Å². The summed E-state index contributed by atoms with van der Waals surface area (Å²) in [5, 5.41) is 3.92. The highest BCUT2D eigenvalue weighted by Crippen LogP contribution is 2.30. The van der Waals surface area contributed by atoms with Crippen molar-refractivity contribution in [2.75, 3.05) is 30.4 Å². The minimum Gasteiger partial charge on any atom is -0.369 e. The first-order valence-electron chi connectivity index (χ1n) is 5.55. The van der Waals surface area contributed by atoms with Crippen LogP contribution in [0, 0.1) is 0 Å². The van der Waals surface area contributed by atoms with Gasteiger partial charge < -0.3 is 16.0 Å². The molecule has 3 N–H and O–H groups in total. The van der Waals surface area contributed by atoms with E-state index in [1.165, 1.54) is 0 Å². The lowest BCUT2D eigenvalue weighted by Gasteiger charge is -2.19. The van der Waals surface area contributed by atoms with Crippen LogP contribution in [0.25, 0.3) is 0 Å². The number of anilines is 2. The third kappa shape index (κ3) is 3.92. The summed E-state index contributed by atoms with van der Waals surface area (Å²) in [6.45, 7) is 2.84. The van der Waals surface area contributed by atoms with Crippen LogP contribution in [0.5, 0.6) is 0 Å². The van der Waals surface area contributed by atoms with Gasteiger partial charge in [0.1, 0.15) is 11.6 Å². The number of primary amides is 1. The maximum atomic E-state index is 10.9. The first kappa shape index (κ1) is 14.9. The lowest BCUT2D eigenvalue weighted by atomic mass is 10.4. The quantitative estimate of drug-likeness (QED) is 0.842. The fourth-order valence-corrected chi connectivity index (χ4v) is 1.97. The molecule has 0 unspecified atom stereocenters. The zero-order chi connectivity index (χ0) is 13.7. The first-order chi connectivity index (χ1) is 8.45. The van der Waals surface area contributed by atoms with Crippen LogP contribution >= 0.6 is 23.2 Å². The Morgan fingerprint density at radius 3 is 2.72 bits per heavy atom. The summed E-state index contributed by atoms with van der Waals surface area (Å²) in [7, 11) is 1.69.